The maximum Gasteiger partial charge on any atom is 0.241 e. The summed E-state index contributed by atoms with van der Waals surface area (Å²) >= 11 is 0. The number of rotatable bonds is 5. The molecule has 2 heterocycles. The van der Waals surface area contributed by atoms with Gasteiger partial charge in [0, 0.05) is 6.04 Å². The van der Waals surface area contributed by atoms with Crippen molar-refractivity contribution in [1.29, 1.82) is 0 Å². The molecule has 2 aliphatic rings. The molecule has 0 aliphatic carbocycles. The number of nitrogens with one attached hydrogen (secondary N) is 1. The first kappa shape index (κ1) is 15.8. The topological polar surface area (TPSA) is 35.6 Å². The molecule has 2 saturated heterocycles. The number of hydrogen-bond acceptors (Lipinski definition) is 3. The second-order valence-electron chi connectivity index (χ2n) is 6.61. The normalized spacial score (nSPS) is 31.0. The zero-order chi connectivity index (χ0) is 14.7. The maximum atomic E-state index is 12.8. The fraction of sp³-hybridized carbons (Fsp3) is 0.938. The highest BCUT2D eigenvalue weighted by Gasteiger charge is 2.43. The zero-order valence-corrected chi connectivity index (χ0v) is 13.6. The van der Waals surface area contributed by atoms with E-state index in [1.54, 1.807) is 0 Å². The van der Waals surface area contributed by atoms with Gasteiger partial charge in [-0.3, -0.25) is 10.1 Å². The lowest BCUT2D eigenvalue weighted by atomic mass is 9.98. The molecule has 20 heavy (non-hydrogen) atoms. The summed E-state index contributed by atoms with van der Waals surface area (Å²) in [5, 5.41) is 3.61. The van der Waals surface area contributed by atoms with Crippen molar-refractivity contribution in [1.82, 2.24) is 15.1 Å². The molecule has 1 N–H and O–H groups in total. The Morgan fingerprint density at radius 1 is 1.30 bits per heavy atom. The quantitative estimate of drug-likeness (QED) is 0.838. The summed E-state index contributed by atoms with van der Waals surface area (Å²) in [5.41, 5.74) is 0. The fourth-order valence-electron chi connectivity index (χ4n) is 3.52. The van der Waals surface area contributed by atoms with E-state index >= 15 is 0 Å². The van der Waals surface area contributed by atoms with Crippen LogP contribution >= 0.6 is 0 Å². The molecule has 2 rings (SSSR count). The molecule has 4 heteroatoms. The molecule has 0 aromatic carbocycles. The first-order valence-corrected chi connectivity index (χ1v) is 8.35. The first-order valence-electron chi connectivity index (χ1n) is 8.35. The zero-order valence-electron chi connectivity index (χ0n) is 13.6. The average molecular weight is 281 g/mol. The molecule has 1 amide bonds. The van der Waals surface area contributed by atoms with Crippen molar-refractivity contribution >= 4 is 5.91 Å². The lowest BCUT2D eigenvalue weighted by Crippen LogP contribution is -2.49. The van der Waals surface area contributed by atoms with Gasteiger partial charge in [0.15, 0.2) is 0 Å². The third-order valence-corrected chi connectivity index (χ3v) is 5.08. The minimum atomic E-state index is 0.0382. The van der Waals surface area contributed by atoms with Gasteiger partial charge < -0.3 is 9.80 Å². The SMILES string of the molecule is CCCC1NC(C(C)CC)C(=O)N1C1CCN(C)CC1. The molecular weight excluding hydrogens is 250 g/mol. The Hall–Kier alpha value is -0.610. The largest absolute Gasteiger partial charge is 0.323 e. The third-order valence-electron chi connectivity index (χ3n) is 5.08. The average Bonchev–Trinajstić information content (AvgIpc) is 2.76. The molecule has 3 unspecified atom stereocenters. The molecule has 0 spiro atoms. The molecule has 0 aromatic rings. The third kappa shape index (κ3) is 3.17. The van der Waals surface area contributed by atoms with Crippen LogP contribution in [0.4, 0.5) is 0 Å². The summed E-state index contributed by atoms with van der Waals surface area (Å²) in [6.07, 6.45) is 5.77. The maximum absolute atomic E-state index is 12.8. The molecule has 2 fully saturated rings. The molecule has 3 atom stereocenters. The van der Waals surface area contributed by atoms with Crippen molar-refractivity contribution in [2.24, 2.45) is 5.92 Å². The summed E-state index contributed by atoms with van der Waals surface area (Å²) in [6.45, 7) is 8.79. The highest BCUT2D eigenvalue weighted by atomic mass is 16.2. The van der Waals surface area contributed by atoms with Crippen LogP contribution in [0.3, 0.4) is 0 Å². The Morgan fingerprint density at radius 2 is 1.95 bits per heavy atom. The molecular formula is C16H31N3O. The van der Waals surface area contributed by atoms with Crippen molar-refractivity contribution in [3.8, 4) is 0 Å². The van der Waals surface area contributed by atoms with Crippen LogP contribution in [0.25, 0.3) is 0 Å². The molecule has 116 valence electrons. The summed E-state index contributed by atoms with van der Waals surface area (Å²) in [7, 11) is 2.17. The van der Waals surface area contributed by atoms with Crippen LogP contribution in [0.15, 0.2) is 0 Å². The van der Waals surface area contributed by atoms with Gasteiger partial charge in [-0.25, -0.2) is 0 Å². The summed E-state index contributed by atoms with van der Waals surface area (Å²) in [4.78, 5) is 17.4. The molecule has 0 aromatic heterocycles. The number of piperidine rings is 1. The number of nitrogens with zero attached hydrogens (tertiary/aromatic N) is 2. The number of likely N-dealkylation sites (tertiary alicyclic amines) is 1. The first-order chi connectivity index (χ1) is 9.58. The Morgan fingerprint density at radius 3 is 2.50 bits per heavy atom. The van der Waals surface area contributed by atoms with Gasteiger partial charge in [-0.1, -0.05) is 33.6 Å². The van der Waals surface area contributed by atoms with Crippen LogP contribution in [-0.2, 0) is 4.79 Å². The fourth-order valence-corrected chi connectivity index (χ4v) is 3.52. The van der Waals surface area contributed by atoms with E-state index < -0.39 is 0 Å². The van der Waals surface area contributed by atoms with Gasteiger partial charge in [0.1, 0.15) is 0 Å². The minimum absolute atomic E-state index is 0.0382. The van der Waals surface area contributed by atoms with Crippen molar-refractivity contribution in [3.63, 3.8) is 0 Å². The molecule has 0 radical (unpaired) electrons. The predicted molar refractivity (Wildman–Crippen MR) is 82.4 cm³/mol. The van der Waals surface area contributed by atoms with Crippen LogP contribution in [0.2, 0.25) is 0 Å². The van der Waals surface area contributed by atoms with E-state index in [0.717, 1.165) is 45.2 Å². The molecule has 0 saturated carbocycles. The van der Waals surface area contributed by atoms with Gasteiger partial charge in [-0.15, -0.1) is 0 Å². The van der Waals surface area contributed by atoms with Gasteiger partial charge in [0.2, 0.25) is 5.91 Å². The Kier molecular flexibility index (Phi) is 5.44. The Balaban J connectivity index is 2.09. The van der Waals surface area contributed by atoms with E-state index in [1.165, 1.54) is 0 Å². The van der Waals surface area contributed by atoms with Crippen LogP contribution in [0.1, 0.15) is 52.9 Å². The summed E-state index contributed by atoms with van der Waals surface area (Å²) in [6, 6.07) is 0.480. The predicted octanol–water partition coefficient (Wildman–Crippen LogP) is 2.05. The van der Waals surface area contributed by atoms with Crippen LogP contribution in [0, 0.1) is 5.92 Å². The summed E-state index contributed by atoms with van der Waals surface area (Å²) < 4.78 is 0. The Bertz CT molecular complexity index is 326. The number of carbonyl (C=O) groups excluding carboxylic acids is 1. The van der Waals surface area contributed by atoms with Gasteiger partial charge in [-0.2, -0.15) is 0 Å². The van der Waals surface area contributed by atoms with Gasteiger partial charge in [-0.05, 0) is 45.3 Å². The monoisotopic (exact) mass is 281 g/mol. The van der Waals surface area contributed by atoms with Crippen LogP contribution in [0.5, 0.6) is 0 Å². The van der Waals surface area contributed by atoms with Crippen molar-refractivity contribution in [3.05, 3.63) is 0 Å². The standard InChI is InChI=1S/C16H31N3O/c1-5-7-14-17-15(12(3)6-2)16(20)19(14)13-8-10-18(4)11-9-13/h12-15,17H,5-11H2,1-4H3. The lowest BCUT2D eigenvalue weighted by Gasteiger charge is -2.38. The Labute approximate surface area is 123 Å². The second-order valence-corrected chi connectivity index (χ2v) is 6.61. The van der Waals surface area contributed by atoms with E-state index in [4.69, 9.17) is 0 Å². The highest BCUT2D eigenvalue weighted by molar-refractivity contribution is 5.85. The highest BCUT2D eigenvalue weighted by Crippen LogP contribution is 2.27. The molecule has 4 nitrogen and oxygen atoms in total. The minimum Gasteiger partial charge on any atom is -0.323 e. The van der Waals surface area contributed by atoms with E-state index in [-0.39, 0.29) is 12.2 Å². The molecule has 2 aliphatic heterocycles. The van der Waals surface area contributed by atoms with E-state index in [0.29, 0.717) is 17.9 Å². The van der Waals surface area contributed by atoms with Gasteiger partial charge >= 0.3 is 0 Å². The van der Waals surface area contributed by atoms with Crippen LogP contribution in [-0.4, -0.2) is 54.1 Å². The van der Waals surface area contributed by atoms with E-state index in [1.807, 2.05) is 0 Å². The van der Waals surface area contributed by atoms with E-state index in [9.17, 15) is 4.79 Å². The summed E-state index contributed by atoms with van der Waals surface area (Å²) in [5.74, 6) is 0.783. The van der Waals surface area contributed by atoms with Gasteiger partial charge in [0.05, 0.1) is 12.2 Å². The van der Waals surface area contributed by atoms with Crippen LogP contribution < -0.4 is 5.32 Å². The van der Waals surface area contributed by atoms with E-state index in [2.05, 4.69) is 42.9 Å². The van der Waals surface area contributed by atoms with Crippen molar-refractivity contribution < 1.29 is 4.79 Å². The van der Waals surface area contributed by atoms with Gasteiger partial charge in [0.25, 0.3) is 0 Å². The number of carbonyl (C=O) groups is 1. The smallest absolute Gasteiger partial charge is 0.241 e. The number of amides is 1. The van der Waals surface area contributed by atoms with Crippen molar-refractivity contribution in [2.45, 2.75) is 71.1 Å². The second kappa shape index (κ2) is 6.90. The van der Waals surface area contributed by atoms with Crippen molar-refractivity contribution in [2.75, 3.05) is 20.1 Å². The number of hydrogen-bond donors (Lipinski definition) is 1. The molecule has 0 bridgehead atoms. The lowest BCUT2D eigenvalue weighted by molar-refractivity contribution is -0.134.